The fourth-order valence-corrected chi connectivity index (χ4v) is 2.76. The largest absolute Gasteiger partial charge is 0.383 e. The maximum absolute atomic E-state index is 12.9. The minimum Gasteiger partial charge on any atom is -0.383 e. The highest BCUT2D eigenvalue weighted by atomic mass is 35.5. The van der Waals surface area contributed by atoms with E-state index in [1.165, 1.54) is 0 Å². The standard InChI is InChI=1S/C18H24ClN3O2/c1-13(2)12-21(8-9-24-4)18(23)17-11-20-22(14(17)3)16-7-5-6-15(19)10-16/h5-7,10-11,13H,8-9,12H2,1-4H3. The van der Waals surface area contributed by atoms with Gasteiger partial charge in [-0.2, -0.15) is 5.10 Å². The molecule has 0 aliphatic heterocycles. The topological polar surface area (TPSA) is 47.4 Å². The van der Waals surface area contributed by atoms with Crippen molar-refractivity contribution in [2.75, 3.05) is 26.8 Å². The van der Waals surface area contributed by atoms with E-state index in [1.54, 1.807) is 18.0 Å². The molecule has 1 aromatic heterocycles. The number of hydrogen-bond acceptors (Lipinski definition) is 3. The first-order valence-corrected chi connectivity index (χ1v) is 8.40. The molecule has 0 aliphatic carbocycles. The van der Waals surface area contributed by atoms with Crippen LogP contribution in [0.4, 0.5) is 0 Å². The fourth-order valence-electron chi connectivity index (χ4n) is 2.58. The zero-order valence-electron chi connectivity index (χ0n) is 14.6. The molecule has 0 fully saturated rings. The molecule has 1 amide bonds. The summed E-state index contributed by atoms with van der Waals surface area (Å²) in [6.07, 6.45) is 1.62. The van der Waals surface area contributed by atoms with Crippen molar-refractivity contribution in [2.45, 2.75) is 20.8 Å². The molecule has 0 atom stereocenters. The summed E-state index contributed by atoms with van der Waals surface area (Å²) >= 11 is 6.05. The van der Waals surface area contributed by atoms with Gasteiger partial charge in [0.05, 0.1) is 29.7 Å². The maximum atomic E-state index is 12.9. The number of methoxy groups -OCH3 is 1. The number of hydrogen-bond donors (Lipinski definition) is 0. The molecule has 5 nitrogen and oxygen atoms in total. The Morgan fingerprint density at radius 3 is 2.79 bits per heavy atom. The Balaban J connectivity index is 2.29. The summed E-state index contributed by atoms with van der Waals surface area (Å²) in [6, 6.07) is 7.42. The van der Waals surface area contributed by atoms with Crippen molar-refractivity contribution in [1.29, 1.82) is 0 Å². The molecule has 6 heteroatoms. The van der Waals surface area contributed by atoms with Crippen molar-refractivity contribution in [3.05, 3.63) is 46.7 Å². The molecule has 0 N–H and O–H groups in total. The van der Waals surface area contributed by atoms with Crippen LogP contribution in [0, 0.1) is 12.8 Å². The molecule has 130 valence electrons. The Kier molecular flexibility index (Phi) is 6.40. The van der Waals surface area contributed by atoms with E-state index >= 15 is 0 Å². The number of carbonyl (C=O) groups excluding carboxylic acids is 1. The van der Waals surface area contributed by atoms with Crippen molar-refractivity contribution >= 4 is 17.5 Å². The molecule has 2 rings (SSSR count). The molecule has 2 aromatic rings. The third-order valence-corrected chi connectivity index (χ3v) is 3.97. The second-order valence-corrected chi connectivity index (χ2v) is 6.61. The smallest absolute Gasteiger partial charge is 0.257 e. The van der Waals surface area contributed by atoms with Crippen molar-refractivity contribution in [1.82, 2.24) is 14.7 Å². The molecule has 0 saturated heterocycles. The van der Waals surface area contributed by atoms with Crippen LogP contribution < -0.4 is 0 Å². The number of halogens is 1. The average molecular weight is 350 g/mol. The van der Waals surface area contributed by atoms with Crippen LogP contribution in [0.15, 0.2) is 30.5 Å². The Bertz CT molecular complexity index is 697. The highest BCUT2D eigenvalue weighted by molar-refractivity contribution is 6.30. The predicted octanol–water partition coefficient (Wildman–Crippen LogP) is 3.58. The Morgan fingerprint density at radius 1 is 1.42 bits per heavy atom. The van der Waals surface area contributed by atoms with Gasteiger partial charge in [-0.25, -0.2) is 4.68 Å². The van der Waals surface area contributed by atoms with Gasteiger partial charge in [-0.3, -0.25) is 4.79 Å². The molecule has 1 heterocycles. The van der Waals surface area contributed by atoms with Gasteiger partial charge in [-0.1, -0.05) is 31.5 Å². The lowest BCUT2D eigenvalue weighted by Crippen LogP contribution is -2.37. The monoisotopic (exact) mass is 349 g/mol. The highest BCUT2D eigenvalue weighted by Crippen LogP contribution is 2.19. The molecule has 0 radical (unpaired) electrons. The van der Waals surface area contributed by atoms with Crippen LogP contribution in [0.5, 0.6) is 0 Å². The second-order valence-electron chi connectivity index (χ2n) is 6.17. The van der Waals surface area contributed by atoms with Gasteiger partial charge >= 0.3 is 0 Å². The Morgan fingerprint density at radius 2 is 2.17 bits per heavy atom. The summed E-state index contributed by atoms with van der Waals surface area (Å²) in [5, 5.41) is 5.01. The Labute approximate surface area is 148 Å². The zero-order valence-corrected chi connectivity index (χ0v) is 15.4. The van der Waals surface area contributed by atoms with E-state index in [4.69, 9.17) is 16.3 Å². The molecule has 0 unspecified atom stereocenters. The van der Waals surface area contributed by atoms with Gasteiger partial charge < -0.3 is 9.64 Å². The van der Waals surface area contributed by atoms with Crippen LogP contribution in [0.25, 0.3) is 5.69 Å². The van der Waals surface area contributed by atoms with Crippen LogP contribution >= 0.6 is 11.6 Å². The molecular formula is C18H24ClN3O2. The zero-order chi connectivity index (χ0) is 17.7. The summed E-state index contributed by atoms with van der Waals surface area (Å²) in [7, 11) is 1.64. The molecule has 24 heavy (non-hydrogen) atoms. The fraction of sp³-hybridized carbons (Fsp3) is 0.444. The van der Waals surface area contributed by atoms with Crippen molar-refractivity contribution in [2.24, 2.45) is 5.92 Å². The number of nitrogens with zero attached hydrogens (tertiary/aromatic N) is 3. The van der Waals surface area contributed by atoms with Gasteiger partial charge in [-0.05, 0) is 31.0 Å². The van der Waals surface area contributed by atoms with Crippen LogP contribution in [-0.2, 0) is 4.74 Å². The first-order valence-electron chi connectivity index (χ1n) is 8.02. The Hall–Kier alpha value is -1.85. The van der Waals surface area contributed by atoms with E-state index in [2.05, 4.69) is 18.9 Å². The third-order valence-electron chi connectivity index (χ3n) is 3.73. The predicted molar refractivity (Wildman–Crippen MR) is 95.9 cm³/mol. The number of benzene rings is 1. The van der Waals surface area contributed by atoms with Crippen LogP contribution in [-0.4, -0.2) is 47.4 Å². The van der Waals surface area contributed by atoms with E-state index < -0.39 is 0 Å². The number of rotatable bonds is 7. The normalized spacial score (nSPS) is 11.1. The third kappa shape index (κ3) is 4.36. The summed E-state index contributed by atoms with van der Waals surface area (Å²) in [6.45, 7) is 7.84. The van der Waals surface area contributed by atoms with E-state index in [1.807, 2.05) is 36.1 Å². The summed E-state index contributed by atoms with van der Waals surface area (Å²) in [5.41, 5.74) is 2.24. The molecule has 0 aliphatic rings. The van der Waals surface area contributed by atoms with Crippen molar-refractivity contribution < 1.29 is 9.53 Å². The van der Waals surface area contributed by atoms with Gasteiger partial charge in [0.1, 0.15) is 0 Å². The van der Waals surface area contributed by atoms with Crippen LogP contribution in [0.2, 0.25) is 5.02 Å². The number of amides is 1. The minimum absolute atomic E-state index is 0.0217. The van der Waals surface area contributed by atoms with Crippen molar-refractivity contribution in [3.8, 4) is 5.69 Å². The molecular weight excluding hydrogens is 326 g/mol. The van der Waals surface area contributed by atoms with E-state index in [-0.39, 0.29) is 5.91 Å². The lowest BCUT2D eigenvalue weighted by atomic mass is 10.1. The molecule has 0 spiro atoms. The first-order chi connectivity index (χ1) is 11.4. The van der Waals surface area contributed by atoms with Crippen LogP contribution in [0.3, 0.4) is 0 Å². The minimum atomic E-state index is -0.0217. The van der Waals surface area contributed by atoms with E-state index in [0.717, 1.165) is 11.4 Å². The molecule has 0 saturated carbocycles. The number of carbonyl (C=O) groups is 1. The van der Waals surface area contributed by atoms with Gasteiger partial charge in [-0.15, -0.1) is 0 Å². The van der Waals surface area contributed by atoms with Crippen molar-refractivity contribution in [3.63, 3.8) is 0 Å². The summed E-state index contributed by atoms with van der Waals surface area (Å²) in [5.74, 6) is 0.362. The number of ether oxygens (including phenoxy) is 1. The first kappa shape index (κ1) is 18.5. The molecule has 1 aromatic carbocycles. The van der Waals surface area contributed by atoms with Gasteiger partial charge in [0.2, 0.25) is 0 Å². The van der Waals surface area contributed by atoms with Gasteiger partial charge in [0, 0.05) is 25.2 Å². The lowest BCUT2D eigenvalue weighted by Gasteiger charge is -2.24. The van der Waals surface area contributed by atoms with E-state index in [0.29, 0.717) is 36.2 Å². The van der Waals surface area contributed by atoms with Gasteiger partial charge in [0.25, 0.3) is 5.91 Å². The van der Waals surface area contributed by atoms with Gasteiger partial charge in [0.15, 0.2) is 0 Å². The lowest BCUT2D eigenvalue weighted by molar-refractivity contribution is 0.0671. The quantitative estimate of drug-likeness (QED) is 0.767. The number of aromatic nitrogens is 2. The average Bonchev–Trinajstić information content (AvgIpc) is 2.92. The maximum Gasteiger partial charge on any atom is 0.257 e. The SMILES string of the molecule is COCCN(CC(C)C)C(=O)c1cnn(-c2cccc(Cl)c2)c1C. The summed E-state index contributed by atoms with van der Waals surface area (Å²) < 4.78 is 6.87. The highest BCUT2D eigenvalue weighted by Gasteiger charge is 2.21. The van der Waals surface area contributed by atoms with E-state index in [9.17, 15) is 4.79 Å². The van der Waals surface area contributed by atoms with Crippen LogP contribution in [0.1, 0.15) is 29.9 Å². The second kappa shape index (κ2) is 8.31. The summed E-state index contributed by atoms with van der Waals surface area (Å²) in [4.78, 5) is 14.7. The molecule has 0 bridgehead atoms.